The number of pyridine rings is 1. The van der Waals surface area contributed by atoms with Crippen molar-refractivity contribution in [3.63, 3.8) is 0 Å². The predicted molar refractivity (Wildman–Crippen MR) is 86.5 cm³/mol. The van der Waals surface area contributed by atoms with Gasteiger partial charge in [0, 0.05) is 17.3 Å². The number of hydrogen-bond donors (Lipinski definition) is 2. The van der Waals surface area contributed by atoms with Crippen LogP contribution in [0.2, 0.25) is 0 Å². The molecule has 0 atom stereocenters. The van der Waals surface area contributed by atoms with Crippen LogP contribution < -0.4 is 5.32 Å². The number of carbonyl (C=O) groups is 1. The molecule has 3 aromatic rings. The number of halogens is 1. The summed E-state index contributed by atoms with van der Waals surface area (Å²) in [7, 11) is 0. The maximum absolute atomic E-state index is 13.0. The van der Waals surface area contributed by atoms with Crippen molar-refractivity contribution in [2.24, 2.45) is 0 Å². The van der Waals surface area contributed by atoms with Crippen LogP contribution in [0.4, 0.5) is 4.39 Å². The minimum Gasteiger partial charge on any atom is -0.347 e. The average Bonchev–Trinajstić information content (AvgIpc) is 2.89. The van der Waals surface area contributed by atoms with E-state index in [0.717, 1.165) is 5.56 Å². The Morgan fingerprint density at radius 3 is 2.52 bits per heavy atom. The maximum atomic E-state index is 13.0. The van der Waals surface area contributed by atoms with Gasteiger partial charge in [-0.15, -0.1) is 0 Å². The molecule has 0 fully saturated rings. The van der Waals surface area contributed by atoms with E-state index in [1.54, 1.807) is 24.4 Å². The van der Waals surface area contributed by atoms with Crippen LogP contribution in [-0.4, -0.2) is 26.4 Å². The van der Waals surface area contributed by atoms with Crippen molar-refractivity contribution in [2.75, 3.05) is 0 Å². The minimum absolute atomic E-state index is 0.206. The molecular formula is C17H17FN4O. The third-order valence-electron chi connectivity index (χ3n) is 3.24. The van der Waals surface area contributed by atoms with Crippen molar-refractivity contribution >= 4 is 17.1 Å². The van der Waals surface area contributed by atoms with Crippen molar-refractivity contribution in [1.82, 2.24) is 20.3 Å². The van der Waals surface area contributed by atoms with E-state index in [2.05, 4.69) is 20.3 Å². The van der Waals surface area contributed by atoms with E-state index < -0.39 is 0 Å². The number of nitrogens with one attached hydrogen (secondary N) is 2. The molecule has 3 rings (SSSR count). The van der Waals surface area contributed by atoms with Crippen LogP contribution in [0.3, 0.4) is 0 Å². The molecule has 0 aliphatic carbocycles. The van der Waals surface area contributed by atoms with Crippen molar-refractivity contribution in [2.45, 2.75) is 26.3 Å². The molecule has 0 aliphatic heterocycles. The van der Waals surface area contributed by atoms with Crippen LogP contribution in [0, 0.1) is 5.82 Å². The lowest BCUT2D eigenvalue weighted by atomic mass is 10.1. The number of aromatic amines is 1. The van der Waals surface area contributed by atoms with Crippen LogP contribution in [0.1, 0.15) is 31.1 Å². The smallest absolute Gasteiger partial charge is 0.254 e. The summed E-state index contributed by atoms with van der Waals surface area (Å²) < 4.78 is 13.0. The van der Waals surface area contributed by atoms with Crippen molar-refractivity contribution in [3.8, 4) is 11.4 Å². The van der Waals surface area contributed by atoms with E-state index in [1.165, 1.54) is 12.1 Å². The number of H-pyrrole nitrogens is 1. The highest BCUT2D eigenvalue weighted by atomic mass is 19.1. The molecule has 5 nitrogen and oxygen atoms in total. The quantitative estimate of drug-likeness (QED) is 0.763. The number of aromatic nitrogens is 3. The molecule has 2 aromatic heterocycles. The highest BCUT2D eigenvalue weighted by molar-refractivity contribution is 6.04. The summed E-state index contributed by atoms with van der Waals surface area (Å²) in [5.74, 6) is 0.0267. The Morgan fingerprint density at radius 1 is 1.17 bits per heavy atom. The summed E-state index contributed by atoms with van der Waals surface area (Å²) >= 11 is 0. The van der Waals surface area contributed by atoms with E-state index in [1.807, 2.05) is 20.8 Å². The number of fused-ring (bicyclic) bond motifs is 1. The topological polar surface area (TPSA) is 70.7 Å². The lowest BCUT2D eigenvalue weighted by molar-refractivity contribution is 0.0921. The Balaban J connectivity index is 2.05. The molecule has 118 valence electrons. The van der Waals surface area contributed by atoms with Crippen LogP contribution in [-0.2, 0) is 0 Å². The molecule has 23 heavy (non-hydrogen) atoms. The second-order valence-corrected chi connectivity index (χ2v) is 6.35. The van der Waals surface area contributed by atoms with Crippen molar-refractivity contribution in [1.29, 1.82) is 0 Å². The zero-order chi connectivity index (χ0) is 16.6. The van der Waals surface area contributed by atoms with E-state index in [4.69, 9.17) is 0 Å². The van der Waals surface area contributed by atoms with Gasteiger partial charge >= 0.3 is 0 Å². The number of hydrogen-bond acceptors (Lipinski definition) is 3. The normalized spacial score (nSPS) is 11.7. The minimum atomic E-state index is -0.344. The van der Waals surface area contributed by atoms with Gasteiger partial charge in [0.05, 0.1) is 5.56 Å². The van der Waals surface area contributed by atoms with E-state index >= 15 is 0 Å². The lowest BCUT2D eigenvalue weighted by Crippen LogP contribution is -2.40. The Kier molecular flexibility index (Phi) is 3.60. The van der Waals surface area contributed by atoms with Crippen LogP contribution in [0.25, 0.3) is 22.6 Å². The van der Waals surface area contributed by atoms with E-state index in [-0.39, 0.29) is 17.3 Å². The summed E-state index contributed by atoms with van der Waals surface area (Å²) in [5.41, 5.74) is 1.85. The molecular weight excluding hydrogens is 295 g/mol. The van der Waals surface area contributed by atoms with Crippen molar-refractivity contribution in [3.05, 3.63) is 47.9 Å². The SMILES string of the molecule is CC(C)(C)NC(=O)c1ccnc2[nH]c(-c3ccc(F)cc3)nc12. The molecule has 0 saturated heterocycles. The lowest BCUT2D eigenvalue weighted by Gasteiger charge is -2.20. The molecule has 0 aliphatic rings. The van der Waals surface area contributed by atoms with Crippen molar-refractivity contribution < 1.29 is 9.18 Å². The third kappa shape index (κ3) is 3.21. The largest absolute Gasteiger partial charge is 0.347 e. The zero-order valence-electron chi connectivity index (χ0n) is 13.1. The van der Waals surface area contributed by atoms with Gasteiger partial charge in [0.25, 0.3) is 5.91 Å². The summed E-state index contributed by atoms with van der Waals surface area (Å²) in [5, 5.41) is 2.91. The standard InChI is InChI=1S/C17H17FN4O/c1-17(2,3)22-16(23)12-8-9-19-15-13(12)20-14(21-15)10-4-6-11(18)7-5-10/h4-9H,1-3H3,(H,22,23)(H,19,20,21). The Morgan fingerprint density at radius 2 is 1.87 bits per heavy atom. The number of carbonyl (C=O) groups excluding carboxylic acids is 1. The van der Waals surface area contributed by atoms with E-state index in [0.29, 0.717) is 22.6 Å². The van der Waals surface area contributed by atoms with Gasteiger partial charge in [0.1, 0.15) is 17.2 Å². The average molecular weight is 312 g/mol. The summed E-state index contributed by atoms with van der Waals surface area (Å²) in [6, 6.07) is 7.62. The summed E-state index contributed by atoms with van der Waals surface area (Å²) in [4.78, 5) is 24.2. The van der Waals surface area contributed by atoms with Gasteiger partial charge in [-0.25, -0.2) is 14.4 Å². The maximum Gasteiger partial charge on any atom is 0.254 e. The van der Waals surface area contributed by atoms with Crippen LogP contribution in [0.15, 0.2) is 36.5 Å². The number of amides is 1. The summed E-state index contributed by atoms with van der Waals surface area (Å²) in [6.45, 7) is 5.74. The number of benzene rings is 1. The number of rotatable bonds is 2. The third-order valence-corrected chi connectivity index (χ3v) is 3.24. The molecule has 0 spiro atoms. The first-order valence-electron chi connectivity index (χ1n) is 7.27. The molecule has 2 heterocycles. The monoisotopic (exact) mass is 312 g/mol. The van der Waals surface area contributed by atoms with Crippen LogP contribution >= 0.6 is 0 Å². The zero-order valence-corrected chi connectivity index (χ0v) is 13.1. The molecule has 0 unspecified atom stereocenters. The fourth-order valence-electron chi connectivity index (χ4n) is 2.25. The molecule has 0 saturated carbocycles. The second-order valence-electron chi connectivity index (χ2n) is 6.35. The van der Waals surface area contributed by atoms with Gasteiger partial charge < -0.3 is 10.3 Å². The molecule has 6 heteroatoms. The summed E-state index contributed by atoms with van der Waals surface area (Å²) in [6.07, 6.45) is 1.56. The van der Waals surface area contributed by atoms with E-state index in [9.17, 15) is 9.18 Å². The first-order chi connectivity index (χ1) is 10.8. The van der Waals surface area contributed by atoms with Gasteiger partial charge in [0.15, 0.2) is 5.65 Å². The first-order valence-corrected chi connectivity index (χ1v) is 7.27. The fourth-order valence-corrected chi connectivity index (χ4v) is 2.25. The number of nitrogens with zero attached hydrogens (tertiary/aromatic N) is 2. The highest BCUT2D eigenvalue weighted by Gasteiger charge is 2.19. The second kappa shape index (κ2) is 5.46. The Labute approximate surface area is 133 Å². The van der Waals surface area contributed by atoms with Gasteiger partial charge in [-0.2, -0.15) is 0 Å². The van der Waals surface area contributed by atoms with Crippen LogP contribution in [0.5, 0.6) is 0 Å². The Bertz CT molecular complexity index is 862. The van der Waals surface area contributed by atoms with Gasteiger partial charge in [-0.05, 0) is 51.1 Å². The van der Waals surface area contributed by atoms with Gasteiger partial charge in [0.2, 0.25) is 0 Å². The Hall–Kier alpha value is -2.76. The predicted octanol–water partition coefficient (Wildman–Crippen LogP) is 3.29. The molecule has 1 aromatic carbocycles. The van der Waals surface area contributed by atoms with Gasteiger partial charge in [-0.1, -0.05) is 0 Å². The first kappa shape index (κ1) is 15.1. The fraction of sp³-hybridized carbons (Fsp3) is 0.235. The molecule has 1 amide bonds. The highest BCUT2D eigenvalue weighted by Crippen LogP contribution is 2.22. The molecule has 0 bridgehead atoms. The molecule has 2 N–H and O–H groups in total. The number of imidazole rings is 1. The van der Waals surface area contributed by atoms with Gasteiger partial charge in [-0.3, -0.25) is 4.79 Å². The molecule has 0 radical (unpaired) electrons.